The summed E-state index contributed by atoms with van der Waals surface area (Å²) < 4.78 is 25.9. The molecule has 25 heavy (non-hydrogen) atoms. The Hall–Kier alpha value is -2.67. The number of carbonyl (C=O) groups is 2. The van der Waals surface area contributed by atoms with Crippen molar-refractivity contribution in [3.63, 3.8) is 0 Å². The number of amides is 2. The molecule has 0 saturated carbocycles. The molecule has 2 aromatic rings. The van der Waals surface area contributed by atoms with E-state index in [9.17, 15) is 18.0 Å². The molecule has 1 aliphatic heterocycles. The molecule has 0 unspecified atom stereocenters. The quantitative estimate of drug-likeness (QED) is 0.914. The highest BCUT2D eigenvalue weighted by Crippen LogP contribution is 2.31. The van der Waals surface area contributed by atoms with Crippen molar-refractivity contribution in [3.8, 4) is 0 Å². The molecule has 7 heteroatoms. The highest BCUT2D eigenvalue weighted by molar-refractivity contribution is 7.90. The van der Waals surface area contributed by atoms with Gasteiger partial charge in [-0.3, -0.25) is 9.59 Å². The summed E-state index contributed by atoms with van der Waals surface area (Å²) in [5.41, 5.74) is 2.60. The van der Waals surface area contributed by atoms with Crippen molar-refractivity contribution in [3.05, 3.63) is 59.2 Å². The summed E-state index contributed by atoms with van der Waals surface area (Å²) in [6, 6.07) is 10.3. The van der Waals surface area contributed by atoms with Crippen LogP contribution in [0.3, 0.4) is 0 Å². The number of hydrogen-bond acceptors (Lipinski definition) is 4. The molecule has 1 N–H and O–H groups in total. The monoisotopic (exact) mass is 358 g/mol. The summed E-state index contributed by atoms with van der Waals surface area (Å²) in [7, 11) is -4.03. The van der Waals surface area contributed by atoms with E-state index in [1.807, 2.05) is 19.9 Å². The van der Waals surface area contributed by atoms with E-state index in [-0.39, 0.29) is 10.5 Å². The van der Waals surface area contributed by atoms with Crippen LogP contribution in [0.4, 0.5) is 5.69 Å². The average molecular weight is 358 g/mol. The normalized spacial score (nSPS) is 16.4. The molecule has 0 bridgehead atoms. The number of fused-ring (bicyclic) bond motifs is 1. The third kappa shape index (κ3) is 2.91. The van der Waals surface area contributed by atoms with Gasteiger partial charge in [0.2, 0.25) is 5.91 Å². The minimum atomic E-state index is -4.03. The standard InChI is InChI=1S/C18H18N2O4S/c1-11-8-12(2)10-14(9-11)19-17(21)13(3)20-18(22)15-6-4-5-7-16(15)25(20,23)24/h4-10,13H,1-3H3,(H,19,21)/t13-/m0/s1. The molecule has 2 aromatic carbocycles. The van der Waals surface area contributed by atoms with Crippen LogP contribution >= 0.6 is 0 Å². The first-order valence-corrected chi connectivity index (χ1v) is 9.23. The first-order chi connectivity index (χ1) is 11.7. The Balaban J connectivity index is 1.89. The van der Waals surface area contributed by atoms with Crippen molar-refractivity contribution in [2.75, 3.05) is 5.32 Å². The van der Waals surface area contributed by atoms with E-state index in [1.54, 1.807) is 24.3 Å². The molecule has 3 rings (SSSR count). The smallest absolute Gasteiger partial charge is 0.269 e. The van der Waals surface area contributed by atoms with Crippen LogP contribution in [-0.2, 0) is 14.8 Å². The van der Waals surface area contributed by atoms with E-state index in [2.05, 4.69) is 5.32 Å². The number of nitrogens with zero attached hydrogens (tertiary/aromatic N) is 1. The van der Waals surface area contributed by atoms with Gasteiger partial charge in [-0.25, -0.2) is 12.7 Å². The molecular formula is C18H18N2O4S. The van der Waals surface area contributed by atoms with Gasteiger partial charge in [0, 0.05) is 5.69 Å². The summed E-state index contributed by atoms with van der Waals surface area (Å²) >= 11 is 0. The van der Waals surface area contributed by atoms with Crippen LogP contribution in [0.15, 0.2) is 47.4 Å². The lowest BCUT2D eigenvalue weighted by Crippen LogP contribution is -2.45. The number of anilines is 1. The van der Waals surface area contributed by atoms with Crippen molar-refractivity contribution in [2.45, 2.75) is 31.7 Å². The zero-order valence-corrected chi connectivity index (χ0v) is 14.9. The second kappa shape index (κ2) is 6.00. The van der Waals surface area contributed by atoms with Crippen LogP contribution in [0.5, 0.6) is 0 Å². The number of rotatable bonds is 3. The van der Waals surface area contributed by atoms with Crippen LogP contribution in [0.1, 0.15) is 28.4 Å². The molecule has 0 saturated heterocycles. The maximum Gasteiger partial charge on any atom is 0.269 e. The fraction of sp³-hybridized carbons (Fsp3) is 0.222. The van der Waals surface area contributed by atoms with Crippen LogP contribution in [0, 0.1) is 13.8 Å². The van der Waals surface area contributed by atoms with Crippen LogP contribution in [0.25, 0.3) is 0 Å². The van der Waals surface area contributed by atoms with E-state index in [0.29, 0.717) is 9.99 Å². The topological polar surface area (TPSA) is 83.6 Å². The molecule has 1 atom stereocenters. The maximum absolute atomic E-state index is 12.6. The van der Waals surface area contributed by atoms with E-state index in [0.717, 1.165) is 11.1 Å². The van der Waals surface area contributed by atoms with Crippen molar-refractivity contribution in [1.82, 2.24) is 4.31 Å². The first kappa shape index (κ1) is 17.2. The molecular weight excluding hydrogens is 340 g/mol. The van der Waals surface area contributed by atoms with Gasteiger partial charge in [-0.15, -0.1) is 0 Å². The van der Waals surface area contributed by atoms with Crippen molar-refractivity contribution in [2.24, 2.45) is 0 Å². The molecule has 0 radical (unpaired) electrons. The van der Waals surface area contributed by atoms with Gasteiger partial charge in [-0.2, -0.15) is 0 Å². The Morgan fingerprint density at radius 2 is 1.68 bits per heavy atom. The SMILES string of the molecule is Cc1cc(C)cc(NC(=O)[C@H](C)N2C(=O)c3ccccc3S2(=O)=O)c1. The second-order valence-corrected chi connectivity index (χ2v) is 7.93. The summed E-state index contributed by atoms with van der Waals surface area (Å²) in [5, 5.41) is 2.69. The zero-order chi connectivity index (χ0) is 18.4. The highest BCUT2D eigenvalue weighted by Gasteiger charge is 2.45. The molecule has 2 amide bonds. The second-order valence-electron chi connectivity index (χ2n) is 6.14. The lowest BCUT2D eigenvalue weighted by atomic mass is 10.1. The number of sulfonamides is 1. The van der Waals surface area contributed by atoms with Gasteiger partial charge in [0.15, 0.2) is 0 Å². The molecule has 0 aromatic heterocycles. The minimum Gasteiger partial charge on any atom is -0.324 e. The average Bonchev–Trinajstić information content (AvgIpc) is 2.73. The van der Waals surface area contributed by atoms with Gasteiger partial charge < -0.3 is 5.32 Å². The molecule has 1 aliphatic rings. The summed E-state index contributed by atoms with van der Waals surface area (Å²) in [6.07, 6.45) is 0. The highest BCUT2D eigenvalue weighted by atomic mass is 32.2. The van der Waals surface area contributed by atoms with E-state index in [1.165, 1.54) is 19.1 Å². The zero-order valence-electron chi connectivity index (χ0n) is 14.1. The molecule has 1 heterocycles. The van der Waals surface area contributed by atoms with Gasteiger partial charge in [0.25, 0.3) is 15.9 Å². The molecule has 0 spiro atoms. The van der Waals surface area contributed by atoms with E-state index in [4.69, 9.17) is 0 Å². The summed E-state index contributed by atoms with van der Waals surface area (Å²) in [5.74, 6) is -1.24. The van der Waals surface area contributed by atoms with Crippen molar-refractivity contribution < 1.29 is 18.0 Å². The summed E-state index contributed by atoms with van der Waals surface area (Å²) in [6.45, 7) is 5.20. The summed E-state index contributed by atoms with van der Waals surface area (Å²) in [4.78, 5) is 25.0. The van der Waals surface area contributed by atoms with E-state index >= 15 is 0 Å². The predicted octanol–water partition coefficient (Wildman–Crippen LogP) is 2.48. The largest absolute Gasteiger partial charge is 0.324 e. The predicted molar refractivity (Wildman–Crippen MR) is 93.8 cm³/mol. The van der Waals surface area contributed by atoms with Gasteiger partial charge in [-0.05, 0) is 56.2 Å². The number of benzene rings is 2. The minimum absolute atomic E-state index is 0.0638. The number of carbonyl (C=O) groups excluding carboxylic acids is 2. The van der Waals surface area contributed by atoms with Crippen LogP contribution in [-0.4, -0.2) is 30.6 Å². The third-order valence-corrected chi connectivity index (χ3v) is 5.99. The molecule has 0 fully saturated rings. The van der Waals surface area contributed by atoms with Gasteiger partial charge in [0.1, 0.15) is 10.9 Å². The lowest BCUT2D eigenvalue weighted by molar-refractivity contribution is -0.118. The van der Waals surface area contributed by atoms with Crippen LogP contribution in [0.2, 0.25) is 0 Å². The van der Waals surface area contributed by atoms with Crippen LogP contribution < -0.4 is 5.32 Å². The Bertz CT molecular complexity index is 962. The van der Waals surface area contributed by atoms with E-state index < -0.39 is 27.9 Å². The van der Waals surface area contributed by atoms with Gasteiger partial charge in [-0.1, -0.05) is 18.2 Å². The molecule has 6 nitrogen and oxygen atoms in total. The Morgan fingerprint density at radius 3 is 2.28 bits per heavy atom. The number of aryl methyl sites for hydroxylation is 2. The maximum atomic E-state index is 12.6. The Kier molecular flexibility index (Phi) is 4.12. The lowest BCUT2D eigenvalue weighted by Gasteiger charge is -2.22. The van der Waals surface area contributed by atoms with Crippen molar-refractivity contribution in [1.29, 1.82) is 0 Å². The fourth-order valence-corrected chi connectivity index (χ4v) is 4.71. The number of nitrogens with one attached hydrogen (secondary N) is 1. The first-order valence-electron chi connectivity index (χ1n) is 7.79. The van der Waals surface area contributed by atoms with Gasteiger partial charge in [0.05, 0.1) is 5.56 Å². The third-order valence-electron chi connectivity index (χ3n) is 4.07. The van der Waals surface area contributed by atoms with Gasteiger partial charge >= 0.3 is 0 Å². The fourth-order valence-electron chi connectivity index (χ4n) is 2.99. The Morgan fingerprint density at radius 1 is 1.08 bits per heavy atom. The number of hydrogen-bond donors (Lipinski definition) is 1. The molecule has 130 valence electrons. The molecule has 0 aliphatic carbocycles. The van der Waals surface area contributed by atoms with Crippen molar-refractivity contribution >= 4 is 27.5 Å². The Labute approximate surface area is 146 Å².